The lowest BCUT2D eigenvalue weighted by atomic mass is 10.0. The minimum atomic E-state index is 0.172. The van der Waals surface area contributed by atoms with Gasteiger partial charge in [0.15, 0.2) is 0 Å². The topological polar surface area (TPSA) is 26.0 Å². The largest absolute Gasteiger partial charge is 0.323 e. The minimum Gasteiger partial charge on any atom is -0.323 e. The van der Waals surface area contributed by atoms with E-state index in [0.717, 1.165) is 11.7 Å². The average Bonchev–Trinajstić information content (AvgIpc) is 2.22. The van der Waals surface area contributed by atoms with E-state index in [0.29, 0.717) is 0 Å². The van der Waals surface area contributed by atoms with Gasteiger partial charge >= 0.3 is 0 Å². The molecular weight excluding hydrogens is 226 g/mol. The van der Waals surface area contributed by atoms with Crippen LogP contribution in [0.25, 0.3) is 0 Å². The van der Waals surface area contributed by atoms with Crippen LogP contribution in [-0.4, -0.2) is 11.5 Å². The Balaban J connectivity index is 2.43. The van der Waals surface area contributed by atoms with E-state index < -0.39 is 0 Å². The van der Waals surface area contributed by atoms with Gasteiger partial charge in [-0.25, -0.2) is 0 Å². The van der Waals surface area contributed by atoms with E-state index in [2.05, 4.69) is 45.9 Å². The van der Waals surface area contributed by atoms with Crippen LogP contribution in [0.4, 0.5) is 0 Å². The molecular formula is C15H25NS. The summed E-state index contributed by atoms with van der Waals surface area (Å²) in [4.78, 5) is 0. The van der Waals surface area contributed by atoms with Gasteiger partial charge in [0.2, 0.25) is 0 Å². The van der Waals surface area contributed by atoms with Crippen LogP contribution in [-0.2, 0) is 0 Å². The van der Waals surface area contributed by atoms with Gasteiger partial charge in [0.1, 0.15) is 0 Å². The van der Waals surface area contributed by atoms with Crippen molar-refractivity contribution in [2.45, 2.75) is 40.2 Å². The Labute approximate surface area is 110 Å². The SMILES string of the molecule is Cc1cc(C)cc(C(N)CSCCC(C)C)c1. The van der Waals surface area contributed by atoms with Crippen molar-refractivity contribution in [1.82, 2.24) is 0 Å². The molecule has 0 aliphatic carbocycles. The highest BCUT2D eigenvalue weighted by Gasteiger charge is 2.07. The highest BCUT2D eigenvalue weighted by atomic mass is 32.2. The summed E-state index contributed by atoms with van der Waals surface area (Å²) in [5.41, 5.74) is 10.1. The molecule has 0 saturated carbocycles. The molecule has 0 bridgehead atoms. The fourth-order valence-corrected chi connectivity index (χ4v) is 3.10. The summed E-state index contributed by atoms with van der Waals surface area (Å²) in [6, 6.07) is 6.79. The fraction of sp³-hybridized carbons (Fsp3) is 0.600. The maximum Gasteiger partial charge on any atom is 0.0386 e. The van der Waals surface area contributed by atoms with E-state index in [9.17, 15) is 0 Å². The van der Waals surface area contributed by atoms with Gasteiger partial charge in [-0.3, -0.25) is 0 Å². The van der Waals surface area contributed by atoms with Crippen molar-refractivity contribution in [2.75, 3.05) is 11.5 Å². The molecule has 0 spiro atoms. The number of rotatable bonds is 6. The summed E-state index contributed by atoms with van der Waals surface area (Å²) in [7, 11) is 0. The monoisotopic (exact) mass is 251 g/mol. The van der Waals surface area contributed by atoms with Crippen molar-refractivity contribution in [2.24, 2.45) is 11.7 Å². The lowest BCUT2D eigenvalue weighted by molar-refractivity contribution is 0.631. The van der Waals surface area contributed by atoms with Crippen LogP contribution >= 0.6 is 11.8 Å². The third kappa shape index (κ3) is 5.60. The summed E-state index contributed by atoms with van der Waals surface area (Å²) in [5, 5.41) is 0. The summed E-state index contributed by atoms with van der Waals surface area (Å²) < 4.78 is 0. The predicted molar refractivity (Wildman–Crippen MR) is 79.6 cm³/mol. The number of nitrogens with two attached hydrogens (primary N) is 1. The first-order valence-electron chi connectivity index (χ1n) is 6.40. The minimum absolute atomic E-state index is 0.172. The van der Waals surface area contributed by atoms with Gasteiger partial charge in [-0.05, 0) is 37.5 Å². The maximum atomic E-state index is 6.23. The Kier molecular flexibility index (Phi) is 6.07. The molecule has 1 nitrogen and oxygen atoms in total. The van der Waals surface area contributed by atoms with Crippen molar-refractivity contribution in [3.8, 4) is 0 Å². The molecule has 0 saturated heterocycles. The standard InChI is InChI=1S/C15H25NS/c1-11(2)5-6-17-10-15(16)14-8-12(3)7-13(4)9-14/h7-9,11,15H,5-6,10,16H2,1-4H3. The van der Waals surface area contributed by atoms with Crippen LogP contribution in [0.15, 0.2) is 18.2 Å². The molecule has 1 aromatic carbocycles. The van der Waals surface area contributed by atoms with E-state index in [4.69, 9.17) is 5.73 Å². The van der Waals surface area contributed by atoms with Crippen LogP contribution in [0, 0.1) is 19.8 Å². The van der Waals surface area contributed by atoms with Gasteiger partial charge in [-0.1, -0.05) is 43.2 Å². The average molecular weight is 251 g/mol. The van der Waals surface area contributed by atoms with E-state index in [1.165, 1.54) is 28.9 Å². The van der Waals surface area contributed by atoms with Gasteiger partial charge in [-0.2, -0.15) is 11.8 Å². The predicted octanol–water partition coefficient (Wildman–Crippen LogP) is 4.08. The Morgan fingerprint density at radius 2 is 1.71 bits per heavy atom. The quantitative estimate of drug-likeness (QED) is 0.771. The number of thioether (sulfide) groups is 1. The second-order valence-electron chi connectivity index (χ2n) is 5.28. The Morgan fingerprint density at radius 1 is 1.12 bits per heavy atom. The zero-order chi connectivity index (χ0) is 12.8. The zero-order valence-corrected chi connectivity index (χ0v) is 12.3. The summed E-state index contributed by atoms with van der Waals surface area (Å²) >= 11 is 1.97. The molecule has 1 atom stereocenters. The number of hydrogen-bond acceptors (Lipinski definition) is 2. The second kappa shape index (κ2) is 7.07. The third-order valence-corrected chi connectivity index (χ3v) is 3.93. The first-order valence-corrected chi connectivity index (χ1v) is 7.56. The maximum absolute atomic E-state index is 6.23. The molecule has 1 rings (SSSR count). The second-order valence-corrected chi connectivity index (χ2v) is 6.43. The zero-order valence-electron chi connectivity index (χ0n) is 11.5. The van der Waals surface area contributed by atoms with Gasteiger partial charge < -0.3 is 5.73 Å². The Morgan fingerprint density at radius 3 is 2.24 bits per heavy atom. The molecule has 0 aromatic heterocycles. The van der Waals surface area contributed by atoms with E-state index in [1.54, 1.807) is 0 Å². The molecule has 1 aromatic rings. The molecule has 0 heterocycles. The van der Waals surface area contributed by atoms with Crippen LogP contribution in [0.2, 0.25) is 0 Å². The molecule has 0 aliphatic heterocycles. The highest BCUT2D eigenvalue weighted by molar-refractivity contribution is 7.99. The van der Waals surface area contributed by atoms with E-state index >= 15 is 0 Å². The number of benzene rings is 1. The molecule has 96 valence electrons. The van der Waals surface area contributed by atoms with Crippen molar-refractivity contribution >= 4 is 11.8 Å². The van der Waals surface area contributed by atoms with Gasteiger partial charge in [0.05, 0.1) is 0 Å². The van der Waals surface area contributed by atoms with E-state index in [1.807, 2.05) is 11.8 Å². The molecule has 1 unspecified atom stereocenters. The first-order chi connectivity index (χ1) is 7.99. The molecule has 0 aliphatic rings. The molecule has 17 heavy (non-hydrogen) atoms. The summed E-state index contributed by atoms with van der Waals surface area (Å²) in [6.07, 6.45) is 1.28. The Hall–Kier alpha value is -0.470. The number of aryl methyl sites for hydroxylation is 2. The van der Waals surface area contributed by atoms with Crippen LogP contribution < -0.4 is 5.73 Å². The number of hydrogen-bond donors (Lipinski definition) is 1. The van der Waals surface area contributed by atoms with Gasteiger partial charge in [0.25, 0.3) is 0 Å². The lowest BCUT2D eigenvalue weighted by Crippen LogP contribution is -2.13. The smallest absolute Gasteiger partial charge is 0.0386 e. The van der Waals surface area contributed by atoms with Crippen molar-refractivity contribution in [3.63, 3.8) is 0 Å². The van der Waals surface area contributed by atoms with Crippen molar-refractivity contribution < 1.29 is 0 Å². The van der Waals surface area contributed by atoms with Crippen molar-refractivity contribution in [1.29, 1.82) is 0 Å². The lowest BCUT2D eigenvalue weighted by Gasteiger charge is -2.14. The molecule has 0 amide bonds. The fourth-order valence-electron chi connectivity index (χ4n) is 1.85. The third-order valence-electron chi connectivity index (χ3n) is 2.81. The molecule has 2 N–H and O–H groups in total. The first kappa shape index (κ1) is 14.6. The van der Waals surface area contributed by atoms with Crippen LogP contribution in [0.1, 0.15) is 43.0 Å². The summed E-state index contributed by atoms with van der Waals surface area (Å²) in [6.45, 7) is 8.80. The molecule has 0 fully saturated rings. The van der Waals surface area contributed by atoms with E-state index in [-0.39, 0.29) is 6.04 Å². The van der Waals surface area contributed by atoms with Crippen molar-refractivity contribution in [3.05, 3.63) is 34.9 Å². The summed E-state index contributed by atoms with van der Waals surface area (Å²) in [5.74, 6) is 3.03. The van der Waals surface area contributed by atoms with Gasteiger partial charge in [0, 0.05) is 11.8 Å². The highest BCUT2D eigenvalue weighted by Crippen LogP contribution is 2.20. The molecule has 2 heteroatoms. The van der Waals surface area contributed by atoms with Crippen LogP contribution in [0.5, 0.6) is 0 Å². The normalized spacial score (nSPS) is 13.1. The van der Waals surface area contributed by atoms with Crippen LogP contribution in [0.3, 0.4) is 0 Å². The van der Waals surface area contributed by atoms with Gasteiger partial charge in [-0.15, -0.1) is 0 Å². The molecule has 0 radical (unpaired) electrons. The Bertz CT molecular complexity index is 327.